The van der Waals surface area contributed by atoms with Gasteiger partial charge in [0.1, 0.15) is 5.69 Å². The zero-order valence-corrected chi connectivity index (χ0v) is 12.5. The number of benzene rings is 1. The summed E-state index contributed by atoms with van der Waals surface area (Å²) in [5.41, 5.74) is 1.30. The minimum absolute atomic E-state index is 0.105. The lowest BCUT2D eigenvalue weighted by atomic mass is 10.2. The topological polar surface area (TPSA) is 82.6 Å². The van der Waals surface area contributed by atoms with Crippen LogP contribution in [0.25, 0.3) is 10.9 Å². The van der Waals surface area contributed by atoms with Crippen LogP contribution in [-0.4, -0.2) is 52.7 Å². The molecule has 0 radical (unpaired) electrons. The molecule has 1 amide bonds. The maximum Gasteiger partial charge on any atom is 0.306 e. The van der Waals surface area contributed by atoms with Gasteiger partial charge < -0.3 is 19.7 Å². The average molecular weight is 323 g/mol. The fourth-order valence-electron chi connectivity index (χ4n) is 2.61. The summed E-state index contributed by atoms with van der Waals surface area (Å²) in [5, 5.41) is 10.3. The number of aromatic nitrogens is 1. The zero-order chi connectivity index (χ0) is 15.7. The second-order valence-corrected chi connectivity index (χ2v) is 5.69. The van der Waals surface area contributed by atoms with E-state index in [4.69, 9.17) is 21.4 Å². The number of rotatable bonds is 3. The molecule has 116 valence electrons. The van der Waals surface area contributed by atoms with E-state index in [1.807, 2.05) is 6.07 Å². The smallest absolute Gasteiger partial charge is 0.306 e. The number of carboxylic acids is 1. The molecule has 0 bridgehead atoms. The molecule has 2 heterocycles. The van der Waals surface area contributed by atoms with Crippen molar-refractivity contribution in [3.8, 4) is 0 Å². The number of carbonyl (C=O) groups is 2. The van der Waals surface area contributed by atoms with Gasteiger partial charge in [-0.1, -0.05) is 11.6 Å². The van der Waals surface area contributed by atoms with Crippen LogP contribution in [0.15, 0.2) is 24.3 Å². The monoisotopic (exact) mass is 322 g/mol. The number of nitrogens with one attached hydrogen (secondary N) is 1. The largest absolute Gasteiger partial charge is 0.481 e. The van der Waals surface area contributed by atoms with Crippen LogP contribution in [0, 0.1) is 0 Å². The number of morpholine rings is 1. The Morgan fingerprint density at radius 1 is 1.41 bits per heavy atom. The van der Waals surface area contributed by atoms with E-state index in [0.717, 1.165) is 10.9 Å². The summed E-state index contributed by atoms with van der Waals surface area (Å²) in [5.74, 6) is -1.09. The van der Waals surface area contributed by atoms with Crippen molar-refractivity contribution in [1.82, 2.24) is 9.88 Å². The van der Waals surface area contributed by atoms with Crippen molar-refractivity contribution in [2.75, 3.05) is 19.7 Å². The normalized spacial score (nSPS) is 18.6. The average Bonchev–Trinajstić information content (AvgIpc) is 2.89. The minimum atomic E-state index is -0.931. The highest BCUT2D eigenvalue weighted by atomic mass is 35.5. The Morgan fingerprint density at radius 2 is 2.23 bits per heavy atom. The van der Waals surface area contributed by atoms with Crippen molar-refractivity contribution in [3.63, 3.8) is 0 Å². The van der Waals surface area contributed by atoms with Crippen molar-refractivity contribution < 1.29 is 19.4 Å². The van der Waals surface area contributed by atoms with Crippen molar-refractivity contribution in [2.24, 2.45) is 0 Å². The highest BCUT2D eigenvalue weighted by Gasteiger charge is 2.27. The van der Waals surface area contributed by atoms with Crippen LogP contribution in [0.2, 0.25) is 5.02 Å². The maximum atomic E-state index is 12.5. The van der Waals surface area contributed by atoms with Crippen LogP contribution < -0.4 is 0 Å². The third kappa shape index (κ3) is 3.08. The van der Waals surface area contributed by atoms with E-state index < -0.39 is 12.1 Å². The second-order valence-electron chi connectivity index (χ2n) is 5.26. The Labute approximate surface area is 131 Å². The molecule has 22 heavy (non-hydrogen) atoms. The van der Waals surface area contributed by atoms with Gasteiger partial charge in [0.2, 0.25) is 0 Å². The first-order chi connectivity index (χ1) is 10.5. The molecule has 0 spiro atoms. The summed E-state index contributed by atoms with van der Waals surface area (Å²) in [7, 11) is 0. The van der Waals surface area contributed by atoms with Crippen molar-refractivity contribution in [2.45, 2.75) is 12.5 Å². The lowest BCUT2D eigenvalue weighted by molar-refractivity contribution is -0.141. The Kier molecular flexibility index (Phi) is 4.04. The number of ether oxygens (including phenoxy) is 1. The van der Waals surface area contributed by atoms with Crippen LogP contribution in [0.5, 0.6) is 0 Å². The summed E-state index contributed by atoms with van der Waals surface area (Å²) in [6.45, 7) is 1.07. The standard InChI is InChI=1S/C15H15ClN2O4/c16-10-1-2-12-9(5-10)6-13(17-12)15(21)18-3-4-22-11(8-18)7-14(19)20/h1-2,5-6,11,17H,3-4,7-8H2,(H,19,20)/t11-/m0/s1. The molecule has 0 aliphatic carbocycles. The summed E-state index contributed by atoms with van der Waals surface area (Å²) >= 11 is 5.94. The Balaban J connectivity index is 1.78. The Morgan fingerprint density at radius 3 is 3.00 bits per heavy atom. The molecule has 1 atom stereocenters. The van der Waals surface area contributed by atoms with Gasteiger partial charge in [0.15, 0.2) is 0 Å². The number of aliphatic carboxylic acids is 1. The minimum Gasteiger partial charge on any atom is -0.481 e. The maximum absolute atomic E-state index is 12.5. The molecular weight excluding hydrogens is 308 g/mol. The summed E-state index contributed by atoms with van der Waals surface area (Å²) in [6.07, 6.45) is -0.569. The number of hydrogen-bond acceptors (Lipinski definition) is 3. The first kappa shape index (κ1) is 14.9. The van der Waals surface area contributed by atoms with Crippen LogP contribution in [0.3, 0.4) is 0 Å². The SMILES string of the molecule is O=C(O)C[C@H]1CN(C(=O)c2cc3cc(Cl)ccc3[nH]2)CCO1. The fraction of sp³-hybridized carbons (Fsp3) is 0.333. The number of carbonyl (C=O) groups excluding carboxylic acids is 1. The lowest BCUT2D eigenvalue weighted by Gasteiger charge is -2.32. The predicted molar refractivity (Wildman–Crippen MR) is 81.2 cm³/mol. The summed E-state index contributed by atoms with van der Waals surface area (Å²) < 4.78 is 5.38. The van der Waals surface area contributed by atoms with Gasteiger partial charge in [-0.25, -0.2) is 0 Å². The molecule has 1 aliphatic heterocycles. The molecular formula is C15H15ClN2O4. The quantitative estimate of drug-likeness (QED) is 0.907. The van der Waals surface area contributed by atoms with E-state index in [1.54, 1.807) is 23.1 Å². The number of carboxylic acid groups (broad SMARTS) is 1. The molecule has 0 saturated carbocycles. The highest BCUT2D eigenvalue weighted by Crippen LogP contribution is 2.21. The third-order valence-corrected chi connectivity index (χ3v) is 3.88. The summed E-state index contributed by atoms with van der Waals surface area (Å²) in [4.78, 5) is 28.0. The Bertz CT molecular complexity index is 727. The molecule has 6 nitrogen and oxygen atoms in total. The third-order valence-electron chi connectivity index (χ3n) is 3.64. The Hall–Kier alpha value is -2.05. The zero-order valence-electron chi connectivity index (χ0n) is 11.7. The number of nitrogens with zero attached hydrogens (tertiary/aromatic N) is 1. The lowest BCUT2D eigenvalue weighted by Crippen LogP contribution is -2.46. The van der Waals surface area contributed by atoms with E-state index in [-0.39, 0.29) is 18.9 Å². The first-order valence-electron chi connectivity index (χ1n) is 6.94. The van der Waals surface area contributed by atoms with Gasteiger partial charge in [0.05, 0.1) is 19.1 Å². The van der Waals surface area contributed by atoms with Gasteiger partial charge in [0.25, 0.3) is 5.91 Å². The van der Waals surface area contributed by atoms with Crippen molar-refractivity contribution in [1.29, 1.82) is 0 Å². The number of amides is 1. The molecule has 1 aromatic heterocycles. The number of fused-ring (bicyclic) bond motifs is 1. The van der Waals surface area contributed by atoms with Gasteiger partial charge in [-0.2, -0.15) is 0 Å². The molecule has 1 aliphatic rings. The van der Waals surface area contributed by atoms with Gasteiger partial charge in [-0.05, 0) is 24.3 Å². The highest BCUT2D eigenvalue weighted by molar-refractivity contribution is 6.31. The second kappa shape index (κ2) is 5.98. The van der Waals surface area contributed by atoms with Gasteiger partial charge in [-0.3, -0.25) is 9.59 Å². The number of aromatic amines is 1. The summed E-state index contributed by atoms with van der Waals surface area (Å²) in [6, 6.07) is 7.12. The van der Waals surface area contributed by atoms with E-state index >= 15 is 0 Å². The van der Waals surface area contributed by atoms with Crippen LogP contribution in [-0.2, 0) is 9.53 Å². The van der Waals surface area contributed by atoms with Crippen molar-refractivity contribution in [3.05, 3.63) is 35.0 Å². The molecule has 1 aromatic carbocycles. The van der Waals surface area contributed by atoms with E-state index in [9.17, 15) is 9.59 Å². The van der Waals surface area contributed by atoms with Crippen LogP contribution in [0.1, 0.15) is 16.9 Å². The molecule has 7 heteroatoms. The van der Waals surface area contributed by atoms with Gasteiger partial charge in [-0.15, -0.1) is 0 Å². The first-order valence-corrected chi connectivity index (χ1v) is 7.31. The van der Waals surface area contributed by atoms with Crippen LogP contribution >= 0.6 is 11.6 Å². The van der Waals surface area contributed by atoms with E-state index in [2.05, 4.69) is 4.98 Å². The molecule has 0 unspecified atom stereocenters. The van der Waals surface area contributed by atoms with Crippen LogP contribution in [0.4, 0.5) is 0 Å². The predicted octanol–water partition coefficient (Wildman–Crippen LogP) is 2.14. The van der Waals surface area contributed by atoms with Gasteiger partial charge >= 0.3 is 5.97 Å². The van der Waals surface area contributed by atoms with E-state index in [0.29, 0.717) is 23.9 Å². The molecule has 2 N–H and O–H groups in total. The molecule has 2 aromatic rings. The van der Waals surface area contributed by atoms with E-state index in [1.165, 1.54) is 0 Å². The molecule has 1 saturated heterocycles. The number of hydrogen-bond donors (Lipinski definition) is 2. The number of halogens is 1. The van der Waals surface area contributed by atoms with Crippen molar-refractivity contribution >= 4 is 34.4 Å². The molecule has 3 rings (SSSR count). The molecule has 1 fully saturated rings. The number of H-pyrrole nitrogens is 1. The van der Waals surface area contributed by atoms with Gasteiger partial charge in [0, 0.05) is 29.0 Å². The fourth-order valence-corrected chi connectivity index (χ4v) is 2.79.